The number of rotatable bonds is 7. The van der Waals surface area contributed by atoms with E-state index in [-0.39, 0.29) is 23.0 Å². The van der Waals surface area contributed by atoms with Crippen LogP contribution in [0, 0.1) is 25.2 Å². The summed E-state index contributed by atoms with van der Waals surface area (Å²) in [5, 5.41) is 12.6. The lowest BCUT2D eigenvalue weighted by atomic mass is 10.0. The number of nitrogens with one attached hydrogen (secondary N) is 1. The van der Waals surface area contributed by atoms with Crippen LogP contribution in [0.4, 0.5) is 5.69 Å². The lowest BCUT2D eigenvalue weighted by Gasteiger charge is -2.16. The molecule has 1 N–H and O–H groups in total. The van der Waals surface area contributed by atoms with E-state index in [1.807, 2.05) is 51.1 Å². The van der Waals surface area contributed by atoms with E-state index in [1.54, 1.807) is 67.3 Å². The van der Waals surface area contributed by atoms with E-state index in [1.165, 1.54) is 9.08 Å². The highest BCUT2D eigenvalue weighted by Gasteiger charge is 2.22. The number of nitriles is 1. The first-order chi connectivity index (χ1) is 20.6. The van der Waals surface area contributed by atoms with Gasteiger partial charge >= 0.3 is 0 Å². The van der Waals surface area contributed by atoms with E-state index in [2.05, 4.69) is 10.3 Å². The zero-order valence-electron chi connectivity index (χ0n) is 24.5. The van der Waals surface area contributed by atoms with Crippen molar-refractivity contribution in [3.8, 4) is 23.4 Å². The predicted octanol–water partition coefficient (Wildman–Crippen LogP) is 5.26. The average Bonchev–Trinajstić information content (AvgIpc) is 3.20. The maximum absolute atomic E-state index is 13.7. The maximum Gasteiger partial charge on any atom is 0.295 e. The molecule has 0 spiro atoms. The first-order valence-corrected chi connectivity index (χ1v) is 13.7. The van der Waals surface area contributed by atoms with Crippen LogP contribution in [-0.2, 0) is 11.8 Å². The molecule has 0 saturated heterocycles. The molecule has 5 rings (SSSR count). The van der Waals surface area contributed by atoms with Crippen LogP contribution in [0.5, 0.6) is 11.6 Å². The largest absolute Gasteiger partial charge is 0.438 e. The molecule has 0 saturated carbocycles. The van der Waals surface area contributed by atoms with Crippen molar-refractivity contribution in [2.45, 2.75) is 33.6 Å². The molecule has 10 heteroatoms. The molecule has 216 valence electrons. The van der Waals surface area contributed by atoms with Gasteiger partial charge in [0, 0.05) is 13.2 Å². The van der Waals surface area contributed by atoms with Gasteiger partial charge in [0.25, 0.3) is 17.0 Å². The van der Waals surface area contributed by atoms with Gasteiger partial charge in [-0.15, -0.1) is 0 Å². The minimum absolute atomic E-state index is 0.0173. The summed E-state index contributed by atoms with van der Waals surface area (Å²) < 4.78 is 10.6. The van der Waals surface area contributed by atoms with Gasteiger partial charge < -0.3 is 10.1 Å². The van der Waals surface area contributed by atoms with Crippen LogP contribution in [0.2, 0.25) is 0 Å². The zero-order chi connectivity index (χ0) is 30.8. The number of benzene rings is 2. The van der Waals surface area contributed by atoms with E-state index >= 15 is 0 Å². The van der Waals surface area contributed by atoms with E-state index in [0.717, 1.165) is 17.2 Å². The highest BCUT2D eigenvalue weighted by Crippen LogP contribution is 2.32. The van der Waals surface area contributed by atoms with Crippen molar-refractivity contribution in [2.75, 3.05) is 5.32 Å². The number of fused-ring (bicyclic) bond motifs is 1. The third-order valence-electron chi connectivity index (χ3n) is 7.18. The molecular formula is C33H30N6O4. The molecule has 1 amide bonds. The Balaban J connectivity index is 1.60. The highest BCUT2D eigenvalue weighted by molar-refractivity contribution is 6.10. The topological polar surface area (TPSA) is 123 Å². The third-order valence-corrected chi connectivity index (χ3v) is 7.18. The van der Waals surface area contributed by atoms with Crippen molar-refractivity contribution in [3.63, 3.8) is 0 Å². The molecule has 0 fully saturated rings. The summed E-state index contributed by atoms with van der Waals surface area (Å²) >= 11 is 0. The Morgan fingerprint density at radius 2 is 1.74 bits per heavy atom. The summed E-state index contributed by atoms with van der Waals surface area (Å²) in [5.41, 5.74) is 1.83. The number of aryl methyl sites for hydroxylation is 1. The minimum atomic E-state index is -0.851. The molecule has 0 aliphatic rings. The number of hydrogen-bond donors (Lipinski definition) is 1. The van der Waals surface area contributed by atoms with Crippen LogP contribution < -0.4 is 21.2 Å². The quantitative estimate of drug-likeness (QED) is 0.209. The predicted molar refractivity (Wildman–Crippen MR) is 165 cm³/mol. The lowest BCUT2D eigenvalue weighted by molar-refractivity contribution is -0.112. The number of carbonyl (C=O) groups excluding carboxylic acids is 1. The molecule has 2 aromatic carbocycles. The summed E-state index contributed by atoms with van der Waals surface area (Å²) in [6.07, 6.45) is 2.70. The van der Waals surface area contributed by atoms with Crippen molar-refractivity contribution >= 4 is 23.3 Å². The van der Waals surface area contributed by atoms with Gasteiger partial charge in [-0.25, -0.2) is 4.68 Å². The fraction of sp³-hybridized carbons (Fsp3) is 0.182. The SMILES string of the molecule is Cc1ccc(C(C)C)c(Oc2nc3ccccn3c(=O)c2C=C(C#N)C(=O)Nc2c(C)n(C)n(-c3ccccc3)c2=O)c1. The van der Waals surface area contributed by atoms with Gasteiger partial charge in [-0.3, -0.25) is 23.5 Å². The molecular weight excluding hydrogens is 544 g/mol. The average molecular weight is 575 g/mol. The van der Waals surface area contributed by atoms with Crippen molar-refractivity contribution in [2.24, 2.45) is 7.05 Å². The van der Waals surface area contributed by atoms with Crippen LogP contribution >= 0.6 is 0 Å². The van der Waals surface area contributed by atoms with Gasteiger partial charge in [-0.2, -0.15) is 10.2 Å². The molecule has 0 aliphatic heterocycles. The Morgan fingerprint density at radius 1 is 1.02 bits per heavy atom. The number of anilines is 1. The minimum Gasteiger partial charge on any atom is -0.438 e. The lowest BCUT2D eigenvalue weighted by Crippen LogP contribution is -2.24. The summed E-state index contributed by atoms with van der Waals surface area (Å²) in [6, 6.07) is 21.7. The molecule has 0 atom stereocenters. The van der Waals surface area contributed by atoms with Crippen LogP contribution in [-0.4, -0.2) is 24.7 Å². The standard InChI is InChI=1S/C33H30N6O4/c1-20(2)25-15-14-21(3)17-27(25)43-31-26(32(41)38-16-10-9-13-28(38)35-31)18-23(19-34)30(40)36-29-22(4)37(5)39(33(29)42)24-11-7-6-8-12-24/h6-18,20H,1-5H3,(H,36,40). The normalized spacial score (nSPS) is 11.5. The van der Waals surface area contributed by atoms with E-state index in [9.17, 15) is 19.6 Å². The first-order valence-electron chi connectivity index (χ1n) is 13.7. The van der Waals surface area contributed by atoms with Gasteiger partial charge in [-0.05, 0) is 67.3 Å². The van der Waals surface area contributed by atoms with Crippen LogP contribution in [0.15, 0.2) is 88.1 Å². The second-order valence-corrected chi connectivity index (χ2v) is 10.4. The Bertz CT molecular complexity index is 2060. The monoisotopic (exact) mass is 574 g/mol. The van der Waals surface area contributed by atoms with Gasteiger partial charge in [-0.1, -0.05) is 50.2 Å². The summed E-state index contributed by atoms with van der Waals surface area (Å²) in [5.74, 6) is -0.270. The Hall–Kier alpha value is -5.69. The zero-order valence-corrected chi connectivity index (χ0v) is 24.5. The second-order valence-electron chi connectivity index (χ2n) is 10.4. The number of nitrogens with zero attached hydrogens (tertiary/aromatic N) is 5. The molecule has 43 heavy (non-hydrogen) atoms. The van der Waals surface area contributed by atoms with Gasteiger partial charge in [0.1, 0.15) is 34.3 Å². The maximum atomic E-state index is 13.7. The highest BCUT2D eigenvalue weighted by atomic mass is 16.5. The Labute approximate surface area is 247 Å². The van der Waals surface area contributed by atoms with Gasteiger partial charge in [0.05, 0.1) is 11.4 Å². The molecule has 0 radical (unpaired) electrons. The van der Waals surface area contributed by atoms with Crippen molar-refractivity contribution in [3.05, 3.63) is 122 Å². The van der Waals surface area contributed by atoms with Crippen molar-refractivity contribution in [1.82, 2.24) is 18.7 Å². The fourth-order valence-corrected chi connectivity index (χ4v) is 4.78. The van der Waals surface area contributed by atoms with Crippen LogP contribution in [0.25, 0.3) is 17.4 Å². The number of carbonyl (C=O) groups is 1. The molecule has 10 nitrogen and oxygen atoms in total. The van der Waals surface area contributed by atoms with Crippen molar-refractivity contribution in [1.29, 1.82) is 5.26 Å². The van der Waals surface area contributed by atoms with E-state index < -0.39 is 22.6 Å². The molecule has 0 aliphatic carbocycles. The van der Waals surface area contributed by atoms with Crippen LogP contribution in [0.3, 0.4) is 0 Å². The summed E-state index contributed by atoms with van der Waals surface area (Å²) in [6.45, 7) is 7.66. The summed E-state index contributed by atoms with van der Waals surface area (Å²) in [7, 11) is 1.70. The molecule has 3 aromatic heterocycles. The number of aromatic nitrogens is 4. The number of hydrogen-bond acceptors (Lipinski definition) is 6. The molecule has 0 bridgehead atoms. The number of pyridine rings is 1. The Kier molecular flexibility index (Phi) is 7.82. The number of amides is 1. The fourth-order valence-electron chi connectivity index (χ4n) is 4.78. The third kappa shape index (κ3) is 5.48. The van der Waals surface area contributed by atoms with Gasteiger partial charge in [0.2, 0.25) is 5.88 Å². The Morgan fingerprint density at radius 3 is 2.44 bits per heavy atom. The smallest absolute Gasteiger partial charge is 0.295 e. The van der Waals surface area contributed by atoms with E-state index in [0.29, 0.717) is 22.8 Å². The number of ether oxygens (including phenoxy) is 1. The van der Waals surface area contributed by atoms with Gasteiger partial charge in [0.15, 0.2) is 0 Å². The van der Waals surface area contributed by atoms with Crippen LogP contribution in [0.1, 0.15) is 42.1 Å². The molecule has 3 heterocycles. The first kappa shape index (κ1) is 28.8. The van der Waals surface area contributed by atoms with E-state index in [4.69, 9.17) is 4.74 Å². The molecule has 0 unspecified atom stereocenters. The van der Waals surface area contributed by atoms with Crippen molar-refractivity contribution < 1.29 is 9.53 Å². The second kappa shape index (κ2) is 11.7. The molecule has 5 aromatic rings. The summed E-state index contributed by atoms with van der Waals surface area (Å²) in [4.78, 5) is 45.0. The number of para-hydroxylation sites is 1.